The summed E-state index contributed by atoms with van der Waals surface area (Å²) in [5.41, 5.74) is 2.80. The summed E-state index contributed by atoms with van der Waals surface area (Å²) in [4.78, 5) is 31.9. The van der Waals surface area contributed by atoms with Crippen molar-refractivity contribution in [1.29, 1.82) is 0 Å². The molecule has 2 aromatic rings. The molecule has 1 aromatic heterocycles. The van der Waals surface area contributed by atoms with Crippen LogP contribution in [0.2, 0.25) is 0 Å². The number of aryl methyl sites for hydroxylation is 1. The summed E-state index contributed by atoms with van der Waals surface area (Å²) >= 11 is 0. The zero-order valence-corrected chi connectivity index (χ0v) is 22.0. The molecule has 4 atom stereocenters. The Morgan fingerprint density at radius 2 is 2.00 bits per heavy atom. The second-order valence-corrected chi connectivity index (χ2v) is 10.6. The number of aromatic nitrogens is 2. The number of hydrogen-bond acceptors (Lipinski definition) is 6. The number of imidazole rings is 1. The van der Waals surface area contributed by atoms with Crippen LogP contribution in [0.4, 0.5) is 4.39 Å². The average molecular weight is 512 g/mol. The van der Waals surface area contributed by atoms with E-state index in [1.807, 2.05) is 19.9 Å². The maximum Gasteiger partial charge on any atom is 0.329 e. The minimum Gasteiger partial charge on any atom is -0.465 e. The van der Waals surface area contributed by atoms with Crippen LogP contribution < -0.4 is 10.6 Å². The van der Waals surface area contributed by atoms with E-state index in [1.165, 1.54) is 24.8 Å². The number of piperidine rings is 1. The smallest absolute Gasteiger partial charge is 0.329 e. The van der Waals surface area contributed by atoms with Crippen molar-refractivity contribution >= 4 is 11.9 Å². The highest BCUT2D eigenvalue weighted by Crippen LogP contribution is 2.43. The lowest BCUT2D eigenvalue weighted by Gasteiger charge is -2.41. The number of esters is 1. The van der Waals surface area contributed by atoms with Gasteiger partial charge in [-0.15, -0.1) is 0 Å². The maximum atomic E-state index is 13.9. The van der Waals surface area contributed by atoms with E-state index >= 15 is 0 Å². The van der Waals surface area contributed by atoms with E-state index in [0.29, 0.717) is 24.7 Å². The Bertz CT molecular complexity index is 1140. The van der Waals surface area contributed by atoms with E-state index in [4.69, 9.17) is 9.72 Å². The first-order chi connectivity index (χ1) is 17.9. The summed E-state index contributed by atoms with van der Waals surface area (Å²) in [6.45, 7) is 7.34. The van der Waals surface area contributed by atoms with Gasteiger partial charge < -0.3 is 14.6 Å². The van der Waals surface area contributed by atoms with Crippen molar-refractivity contribution in [1.82, 2.24) is 25.1 Å². The van der Waals surface area contributed by atoms with Crippen LogP contribution in [0, 0.1) is 12.7 Å². The van der Waals surface area contributed by atoms with Gasteiger partial charge in [-0.05, 0) is 63.6 Å². The Kier molecular flexibility index (Phi) is 7.62. The molecule has 0 aliphatic carbocycles. The Morgan fingerprint density at radius 3 is 2.68 bits per heavy atom. The number of ether oxygens (including phenoxy) is 1. The molecule has 0 radical (unpaired) electrons. The van der Waals surface area contributed by atoms with Crippen molar-refractivity contribution in [2.75, 3.05) is 19.7 Å². The Balaban J connectivity index is 1.29. The fraction of sp³-hybridized carbons (Fsp3) is 0.607. The topological polar surface area (TPSA) is 88.5 Å². The van der Waals surface area contributed by atoms with Gasteiger partial charge in [0.15, 0.2) is 6.04 Å². The highest BCUT2D eigenvalue weighted by molar-refractivity contribution is 5.77. The zero-order valence-electron chi connectivity index (χ0n) is 22.0. The lowest BCUT2D eigenvalue weighted by atomic mass is 9.94. The molecule has 9 heteroatoms. The Morgan fingerprint density at radius 1 is 1.24 bits per heavy atom. The first-order valence-electron chi connectivity index (χ1n) is 13.6. The lowest BCUT2D eigenvalue weighted by molar-refractivity contribution is -0.146. The number of rotatable bonds is 8. The van der Waals surface area contributed by atoms with Crippen LogP contribution in [0.5, 0.6) is 0 Å². The van der Waals surface area contributed by atoms with Crippen molar-refractivity contribution in [3.63, 3.8) is 0 Å². The van der Waals surface area contributed by atoms with E-state index in [0.717, 1.165) is 68.7 Å². The first kappa shape index (κ1) is 25.9. The number of amides is 1. The molecule has 2 bridgehead atoms. The first-order valence-corrected chi connectivity index (χ1v) is 13.6. The van der Waals surface area contributed by atoms with Crippen LogP contribution in [0.15, 0.2) is 24.3 Å². The van der Waals surface area contributed by atoms with Crippen molar-refractivity contribution in [2.24, 2.45) is 0 Å². The minimum absolute atomic E-state index is 0.105. The summed E-state index contributed by atoms with van der Waals surface area (Å²) < 4.78 is 21.6. The number of nitrogens with zero attached hydrogens (tertiary/aromatic N) is 3. The highest BCUT2D eigenvalue weighted by Gasteiger charge is 2.43. The average Bonchev–Trinajstić information content (AvgIpc) is 3.32. The molecule has 3 aliphatic heterocycles. The SMILES string of the molecule is CCOC(=O)C1NCCc2c1nc(C)n2C1CC2CCC(C1)N2CC[C@H](NC(C)=O)c1cccc(F)c1. The second-order valence-electron chi connectivity index (χ2n) is 10.6. The van der Waals surface area contributed by atoms with E-state index in [-0.39, 0.29) is 23.7 Å². The van der Waals surface area contributed by atoms with Crippen LogP contribution in [0.3, 0.4) is 0 Å². The highest BCUT2D eigenvalue weighted by atomic mass is 19.1. The third kappa shape index (κ3) is 5.29. The van der Waals surface area contributed by atoms with Gasteiger partial charge in [-0.25, -0.2) is 14.2 Å². The predicted molar refractivity (Wildman–Crippen MR) is 137 cm³/mol. The summed E-state index contributed by atoms with van der Waals surface area (Å²) in [6.07, 6.45) is 6.01. The number of nitrogens with one attached hydrogen (secondary N) is 2. The third-order valence-corrected chi connectivity index (χ3v) is 8.25. The zero-order chi connectivity index (χ0) is 26.1. The molecule has 3 aliphatic rings. The molecule has 8 nitrogen and oxygen atoms in total. The number of carbonyl (C=O) groups is 2. The molecule has 3 unspecified atom stereocenters. The largest absolute Gasteiger partial charge is 0.465 e. The molecule has 200 valence electrons. The molecule has 2 saturated heterocycles. The van der Waals surface area contributed by atoms with E-state index in [2.05, 4.69) is 20.1 Å². The molecule has 0 saturated carbocycles. The molecular formula is C28H38FN5O3. The standard InChI is InChI=1S/C28H38FN5O3/c1-4-37-28(36)27-26-25(10-12-30-27)34(17(2)31-26)23-15-21-8-9-22(16-23)33(21)13-11-24(32-18(3)35)19-6-5-7-20(29)14-19/h5-7,14,21-24,27,30H,4,8-13,15-16H2,1-3H3,(H,32,35)/t21?,22?,23?,24-,27?/m0/s1. The number of benzene rings is 1. The molecule has 0 spiro atoms. The van der Waals surface area contributed by atoms with Gasteiger partial charge in [0.05, 0.1) is 18.3 Å². The van der Waals surface area contributed by atoms with Gasteiger partial charge in [0.1, 0.15) is 11.6 Å². The molecule has 1 aromatic carbocycles. The van der Waals surface area contributed by atoms with Crippen LogP contribution in [-0.4, -0.2) is 58.1 Å². The Hall–Kier alpha value is -2.78. The van der Waals surface area contributed by atoms with Crippen LogP contribution in [-0.2, 0) is 20.7 Å². The minimum atomic E-state index is -0.492. The monoisotopic (exact) mass is 511 g/mol. The van der Waals surface area contributed by atoms with Crippen molar-refractivity contribution in [3.8, 4) is 0 Å². The maximum absolute atomic E-state index is 13.9. The molecule has 2 fully saturated rings. The van der Waals surface area contributed by atoms with Crippen molar-refractivity contribution in [2.45, 2.75) is 89.5 Å². The fourth-order valence-electron chi connectivity index (χ4n) is 6.82. The van der Waals surface area contributed by atoms with Gasteiger partial charge in [0.25, 0.3) is 0 Å². The Labute approximate surface area is 218 Å². The van der Waals surface area contributed by atoms with E-state index < -0.39 is 6.04 Å². The number of halogens is 1. The van der Waals surface area contributed by atoms with Gasteiger partial charge in [-0.2, -0.15) is 0 Å². The normalized spacial score (nSPS) is 25.9. The lowest BCUT2D eigenvalue weighted by Crippen LogP contribution is -2.45. The molecule has 37 heavy (non-hydrogen) atoms. The predicted octanol–water partition coefficient (Wildman–Crippen LogP) is 3.52. The number of hydrogen-bond donors (Lipinski definition) is 2. The number of carbonyl (C=O) groups excluding carboxylic acids is 2. The quantitative estimate of drug-likeness (QED) is 0.528. The van der Waals surface area contributed by atoms with Gasteiger partial charge in [-0.3, -0.25) is 15.0 Å². The van der Waals surface area contributed by atoms with Crippen LogP contribution in [0.25, 0.3) is 0 Å². The van der Waals surface area contributed by atoms with Gasteiger partial charge >= 0.3 is 5.97 Å². The fourth-order valence-corrected chi connectivity index (χ4v) is 6.82. The molecule has 2 N–H and O–H groups in total. The summed E-state index contributed by atoms with van der Waals surface area (Å²) in [5.74, 6) is 0.327. The van der Waals surface area contributed by atoms with Crippen molar-refractivity contribution < 1.29 is 18.7 Å². The summed E-state index contributed by atoms with van der Waals surface area (Å²) in [6, 6.07) is 7.13. The summed E-state index contributed by atoms with van der Waals surface area (Å²) in [5, 5.41) is 6.31. The summed E-state index contributed by atoms with van der Waals surface area (Å²) in [7, 11) is 0. The van der Waals surface area contributed by atoms with E-state index in [1.54, 1.807) is 6.07 Å². The van der Waals surface area contributed by atoms with E-state index in [9.17, 15) is 14.0 Å². The van der Waals surface area contributed by atoms with Gasteiger partial charge in [-0.1, -0.05) is 12.1 Å². The van der Waals surface area contributed by atoms with Crippen LogP contribution >= 0.6 is 0 Å². The third-order valence-electron chi connectivity index (χ3n) is 8.25. The van der Waals surface area contributed by atoms with Crippen LogP contribution in [0.1, 0.15) is 86.9 Å². The molecule has 5 rings (SSSR count). The second kappa shape index (κ2) is 10.9. The number of fused-ring (bicyclic) bond motifs is 3. The van der Waals surface area contributed by atoms with Crippen molar-refractivity contribution in [3.05, 3.63) is 52.9 Å². The molecule has 4 heterocycles. The van der Waals surface area contributed by atoms with Gasteiger partial charge in [0, 0.05) is 50.3 Å². The molecule has 1 amide bonds. The molecular weight excluding hydrogens is 473 g/mol. The van der Waals surface area contributed by atoms with Gasteiger partial charge in [0.2, 0.25) is 5.91 Å².